The minimum atomic E-state index is -1.01. The van der Waals surface area contributed by atoms with Crippen LogP contribution in [0.2, 0.25) is 0 Å². The molecule has 1 aromatic rings. The second-order valence-corrected chi connectivity index (χ2v) is 5.35. The molecule has 0 fully saturated rings. The maximum Gasteiger partial charge on any atom is 0.323 e. The van der Waals surface area contributed by atoms with Gasteiger partial charge in [0.2, 0.25) is 0 Å². The average Bonchev–Trinajstić information content (AvgIpc) is 2.44. The van der Waals surface area contributed by atoms with Crippen LogP contribution in [0, 0.1) is 5.92 Å². The number of hydrogen-bond donors (Lipinski definition) is 1. The second-order valence-electron chi connectivity index (χ2n) is 5.35. The molecule has 5 nitrogen and oxygen atoms in total. The molecule has 0 aliphatic rings. The molecule has 0 bridgehead atoms. The number of carboxylic acids is 1. The first-order chi connectivity index (χ1) is 9.93. The largest absolute Gasteiger partial charge is 0.493 e. The third-order valence-corrected chi connectivity index (χ3v) is 2.79. The van der Waals surface area contributed by atoms with E-state index in [4.69, 9.17) is 9.84 Å². The van der Waals surface area contributed by atoms with Crippen molar-refractivity contribution in [1.29, 1.82) is 0 Å². The summed E-state index contributed by atoms with van der Waals surface area (Å²) in [4.78, 5) is 24.4. The molecule has 1 aromatic carbocycles. The van der Waals surface area contributed by atoms with Crippen molar-refractivity contribution in [3.05, 3.63) is 29.8 Å². The Bertz CT molecular complexity index is 468. The van der Waals surface area contributed by atoms with E-state index < -0.39 is 5.97 Å². The predicted octanol–water partition coefficient (Wildman–Crippen LogP) is 2.66. The van der Waals surface area contributed by atoms with Gasteiger partial charge in [-0.25, -0.2) is 0 Å². The summed E-state index contributed by atoms with van der Waals surface area (Å²) in [6, 6.07) is 6.81. The van der Waals surface area contributed by atoms with E-state index in [0.717, 1.165) is 0 Å². The minimum Gasteiger partial charge on any atom is -0.493 e. The zero-order valence-corrected chi connectivity index (χ0v) is 12.8. The zero-order valence-electron chi connectivity index (χ0n) is 12.8. The van der Waals surface area contributed by atoms with Crippen LogP contribution in [0.15, 0.2) is 24.3 Å². The highest BCUT2D eigenvalue weighted by Gasteiger charge is 2.17. The fourth-order valence-corrected chi connectivity index (χ4v) is 1.82. The molecule has 0 aliphatic heterocycles. The molecule has 0 atom stereocenters. The standard InChI is InChI=1S/C16H23NO4/c1-4-9-17(10-15(18)19)16(20)13-5-7-14(8-6-13)21-11-12(2)3/h5-8,12H,4,9-11H2,1-3H3,(H,18,19). The molecule has 1 rings (SSSR count). The highest BCUT2D eigenvalue weighted by molar-refractivity contribution is 5.95. The number of aliphatic carboxylic acids is 1. The normalized spacial score (nSPS) is 10.5. The number of carboxylic acid groups (broad SMARTS) is 1. The van der Waals surface area contributed by atoms with Gasteiger partial charge in [0, 0.05) is 12.1 Å². The molecule has 0 saturated carbocycles. The van der Waals surface area contributed by atoms with Gasteiger partial charge >= 0.3 is 5.97 Å². The first-order valence-corrected chi connectivity index (χ1v) is 7.18. The molecule has 116 valence electrons. The van der Waals surface area contributed by atoms with Gasteiger partial charge in [0.15, 0.2) is 0 Å². The molecular weight excluding hydrogens is 270 g/mol. The van der Waals surface area contributed by atoms with Gasteiger partial charge < -0.3 is 14.7 Å². The van der Waals surface area contributed by atoms with Crippen molar-refractivity contribution in [2.24, 2.45) is 5.92 Å². The fourth-order valence-electron chi connectivity index (χ4n) is 1.82. The van der Waals surface area contributed by atoms with Crippen LogP contribution in [0.3, 0.4) is 0 Å². The lowest BCUT2D eigenvalue weighted by Crippen LogP contribution is -2.36. The van der Waals surface area contributed by atoms with E-state index in [-0.39, 0.29) is 12.5 Å². The molecule has 5 heteroatoms. The van der Waals surface area contributed by atoms with Crippen LogP contribution in [-0.4, -0.2) is 41.6 Å². The SMILES string of the molecule is CCCN(CC(=O)O)C(=O)c1ccc(OCC(C)C)cc1. The van der Waals surface area contributed by atoms with Crippen molar-refractivity contribution in [1.82, 2.24) is 4.90 Å². The number of ether oxygens (including phenoxy) is 1. The molecule has 1 amide bonds. The van der Waals surface area contributed by atoms with E-state index in [2.05, 4.69) is 13.8 Å². The summed E-state index contributed by atoms with van der Waals surface area (Å²) in [6.45, 7) is 6.80. The third-order valence-electron chi connectivity index (χ3n) is 2.79. The van der Waals surface area contributed by atoms with E-state index in [9.17, 15) is 9.59 Å². The Morgan fingerprint density at radius 2 is 1.86 bits per heavy atom. The van der Waals surface area contributed by atoms with E-state index in [0.29, 0.717) is 36.8 Å². The van der Waals surface area contributed by atoms with Crippen molar-refractivity contribution in [3.8, 4) is 5.75 Å². The highest BCUT2D eigenvalue weighted by Crippen LogP contribution is 2.15. The van der Waals surface area contributed by atoms with Crippen LogP contribution >= 0.6 is 0 Å². The number of amides is 1. The van der Waals surface area contributed by atoms with Crippen molar-refractivity contribution in [2.45, 2.75) is 27.2 Å². The van der Waals surface area contributed by atoms with Crippen molar-refractivity contribution in [2.75, 3.05) is 19.7 Å². The highest BCUT2D eigenvalue weighted by atomic mass is 16.5. The monoisotopic (exact) mass is 293 g/mol. The topological polar surface area (TPSA) is 66.8 Å². The first kappa shape index (κ1) is 17.0. The number of benzene rings is 1. The molecule has 21 heavy (non-hydrogen) atoms. The van der Waals surface area contributed by atoms with Gasteiger partial charge in [0.05, 0.1) is 6.61 Å². The Morgan fingerprint density at radius 3 is 2.33 bits per heavy atom. The van der Waals surface area contributed by atoms with E-state index in [1.165, 1.54) is 4.90 Å². The summed E-state index contributed by atoms with van der Waals surface area (Å²) in [7, 11) is 0. The summed E-state index contributed by atoms with van der Waals surface area (Å²) in [5, 5.41) is 8.86. The Morgan fingerprint density at radius 1 is 1.24 bits per heavy atom. The summed E-state index contributed by atoms with van der Waals surface area (Å²) >= 11 is 0. The summed E-state index contributed by atoms with van der Waals surface area (Å²) in [5.41, 5.74) is 0.474. The Hall–Kier alpha value is -2.04. The lowest BCUT2D eigenvalue weighted by molar-refractivity contribution is -0.137. The lowest BCUT2D eigenvalue weighted by atomic mass is 10.2. The van der Waals surface area contributed by atoms with Gasteiger partial charge in [-0.15, -0.1) is 0 Å². The van der Waals surface area contributed by atoms with Gasteiger partial charge in [-0.1, -0.05) is 20.8 Å². The average molecular weight is 293 g/mol. The van der Waals surface area contributed by atoms with Crippen molar-refractivity contribution >= 4 is 11.9 Å². The van der Waals surface area contributed by atoms with E-state index in [1.807, 2.05) is 6.92 Å². The zero-order chi connectivity index (χ0) is 15.8. The number of nitrogens with zero attached hydrogens (tertiary/aromatic N) is 1. The van der Waals surface area contributed by atoms with Crippen LogP contribution in [0.25, 0.3) is 0 Å². The lowest BCUT2D eigenvalue weighted by Gasteiger charge is -2.20. The van der Waals surface area contributed by atoms with E-state index in [1.54, 1.807) is 24.3 Å². The minimum absolute atomic E-state index is 0.269. The Balaban J connectivity index is 2.74. The van der Waals surface area contributed by atoms with Crippen molar-refractivity contribution < 1.29 is 19.4 Å². The van der Waals surface area contributed by atoms with Crippen molar-refractivity contribution in [3.63, 3.8) is 0 Å². The van der Waals surface area contributed by atoms with E-state index >= 15 is 0 Å². The van der Waals surface area contributed by atoms with Gasteiger partial charge in [0.1, 0.15) is 12.3 Å². The number of carbonyl (C=O) groups is 2. The summed E-state index contributed by atoms with van der Waals surface area (Å²) in [6.07, 6.45) is 0.717. The summed E-state index contributed by atoms with van der Waals surface area (Å²) in [5.74, 6) is -0.134. The molecule has 0 saturated heterocycles. The molecule has 1 N–H and O–H groups in total. The number of hydrogen-bond acceptors (Lipinski definition) is 3. The van der Waals surface area contributed by atoms with Crippen LogP contribution < -0.4 is 4.74 Å². The molecule has 0 aromatic heterocycles. The number of rotatable bonds is 8. The van der Waals surface area contributed by atoms with Gasteiger partial charge in [-0.3, -0.25) is 9.59 Å². The number of carbonyl (C=O) groups excluding carboxylic acids is 1. The Kier molecular flexibility index (Phi) is 6.72. The molecule has 0 unspecified atom stereocenters. The first-order valence-electron chi connectivity index (χ1n) is 7.18. The third kappa shape index (κ3) is 5.85. The predicted molar refractivity (Wildman–Crippen MR) is 80.6 cm³/mol. The maximum atomic E-state index is 12.3. The van der Waals surface area contributed by atoms with Crippen LogP contribution in [0.5, 0.6) is 5.75 Å². The van der Waals surface area contributed by atoms with Crippen LogP contribution in [0.4, 0.5) is 0 Å². The van der Waals surface area contributed by atoms with Gasteiger partial charge in [-0.2, -0.15) is 0 Å². The smallest absolute Gasteiger partial charge is 0.323 e. The molecular formula is C16H23NO4. The second kappa shape index (κ2) is 8.29. The quantitative estimate of drug-likeness (QED) is 0.800. The van der Waals surface area contributed by atoms with Crippen LogP contribution in [-0.2, 0) is 4.79 Å². The van der Waals surface area contributed by atoms with Gasteiger partial charge in [-0.05, 0) is 36.6 Å². The molecule has 0 heterocycles. The Labute approximate surface area is 125 Å². The maximum absolute atomic E-state index is 12.3. The fraction of sp³-hybridized carbons (Fsp3) is 0.500. The summed E-state index contributed by atoms with van der Waals surface area (Å²) < 4.78 is 5.56. The van der Waals surface area contributed by atoms with Gasteiger partial charge in [0.25, 0.3) is 5.91 Å². The molecule has 0 radical (unpaired) electrons. The molecule has 0 aliphatic carbocycles. The van der Waals surface area contributed by atoms with Crippen LogP contribution in [0.1, 0.15) is 37.6 Å². The molecule has 0 spiro atoms.